The summed E-state index contributed by atoms with van der Waals surface area (Å²) in [4.78, 5) is 2.96. The largest absolute Gasteiger partial charge is 0.308 e. The summed E-state index contributed by atoms with van der Waals surface area (Å²) in [6, 6.07) is 0. The van der Waals surface area contributed by atoms with E-state index >= 15 is 0 Å². The van der Waals surface area contributed by atoms with Crippen LogP contribution in [-0.2, 0) is 0 Å². The Labute approximate surface area is 132 Å². The summed E-state index contributed by atoms with van der Waals surface area (Å²) >= 11 is 0. The molecule has 3 rings (SSSR count). The molecule has 3 fully saturated rings. The van der Waals surface area contributed by atoms with E-state index in [4.69, 9.17) is 0 Å². The van der Waals surface area contributed by atoms with Crippen molar-refractivity contribution in [3.8, 4) is 0 Å². The molecule has 2 spiro atoms. The molecule has 1 atom stereocenters. The van der Waals surface area contributed by atoms with Crippen molar-refractivity contribution in [3.63, 3.8) is 0 Å². The fourth-order valence-electron chi connectivity index (χ4n) is 5.36. The molecule has 1 saturated heterocycles. The summed E-state index contributed by atoms with van der Waals surface area (Å²) in [7, 11) is 0. The topological polar surface area (TPSA) is 15.3 Å². The van der Waals surface area contributed by atoms with Crippen molar-refractivity contribution >= 4 is 0 Å². The van der Waals surface area contributed by atoms with Gasteiger partial charge in [-0.15, -0.1) is 0 Å². The smallest absolute Gasteiger partial charge is 0.0335 e. The van der Waals surface area contributed by atoms with E-state index in [1.54, 1.807) is 0 Å². The average molecular weight is 293 g/mol. The lowest BCUT2D eigenvalue weighted by atomic mass is 9.76. The van der Waals surface area contributed by atoms with E-state index in [0.717, 1.165) is 5.92 Å². The van der Waals surface area contributed by atoms with Gasteiger partial charge in [-0.2, -0.15) is 0 Å². The second-order valence-electron chi connectivity index (χ2n) is 8.40. The van der Waals surface area contributed by atoms with Crippen molar-refractivity contribution in [2.75, 3.05) is 19.6 Å². The first-order chi connectivity index (χ1) is 10.2. The summed E-state index contributed by atoms with van der Waals surface area (Å²) in [6.07, 6.45) is 15.7. The number of nitrogens with one attached hydrogen (secondary N) is 1. The molecule has 1 N–H and O–H groups in total. The monoisotopic (exact) mass is 292 g/mol. The van der Waals surface area contributed by atoms with E-state index in [0.29, 0.717) is 11.1 Å². The molecule has 2 saturated carbocycles. The maximum absolute atomic E-state index is 4.06. The van der Waals surface area contributed by atoms with Gasteiger partial charge in [-0.1, -0.05) is 52.4 Å². The van der Waals surface area contributed by atoms with Gasteiger partial charge in [0.2, 0.25) is 0 Å². The molecule has 3 aliphatic rings. The fourth-order valence-corrected chi connectivity index (χ4v) is 5.36. The van der Waals surface area contributed by atoms with Crippen LogP contribution in [0, 0.1) is 5.92 Å². The third kappa shape index (κ3) is 3.32. The Bertz CT molecular complexity index is 326. The zero-order valence-electron chi connectivity index (χ0n) is 14.4. The number of nitrogens with zero attached hydrogens (tertiary/aromatic N) is 1. The number of hydrogen-bond donors (Lipinski definition) is 1. The molecule has 1 heterocycles. The standard InChI is InChI=1S/C19H36N2/c1-3-9-17(2)14-21-16-18(10-5-4-6-11-18)20-15-19(21)12-7-8-13-19/h17,20H,3-16H2,1-2H3. The first kappa shape index (κ1) is 15.8. The van der Waals surface area contributed by atoms with Crippen molar-refractivity contribution < 1.29 is 0 Å². The van der Waals surface area contributed by atoms with E-state index in [-0.39, 0.29) is 0 Å². The van der Waals surface area contributed by atoms with Crippen LogP contribution >= 0.6 is 0 Å². The van der Waals surface area contributed by atoms with Crippen molar-refractivity contribution in [3.05, 3.63) is 0 Å². The molecule has 0 aromatic rings. The van der Waals surface area contributed by atoms with Gasteiger partial charge in [-0.25, -0.2) is 0 Å². The van der Waals surface area contributed by atoms with E-state index < -0.39 is 0 Å². The van der Waals surface area contributed by atoms with Gasteiger partial charge < -0.3 is 5.32 Å². The number of rotatable bonds is 4. The van der Waals surface area contributed by atoms with Gasteiger partial charge >= 0.3 is 0 Å². The zero-order valence-corrected chi connectivity index (χ0v) is 14.4. The average Bonchev–Trinajstić information content (AvgIpc) is 2.95. The summed E-state index contributed by atoms with van der Waals surface area (Å²) in [6.45, 7) is 8.76. The van der Waals surface area contributed by atoms with Gasteiger partial charge in [0.15, 0.2) is 0 Å². The minimum atomic E-state index is 0.470. The number of piperazine rings is 1. The van der Waals surface area contributed by atoms with Crippen molar-refractivity contribution in [2.45, 2.75) is 95.6 Å². The molecule has 0 aromatic carbocycles. The molecule has 2 aliphatic carbocycles. The molecular weight excluding hydrogens is 256 g/mol. The highest BCUT2D eigenvalue weighted by Crippen LogP contribution is 2.42. The van der Waals surface area contributed by atoms with Gasteiger partial charge in [0.1, 0.15) is 0 Å². The van der Waals surface area contributed by atoms with Crippen LogP contribution < -0.4 is 5.32 Å². The molecule has 0 aromatic heterocycles. The SMILES string of the molecule is CCCC(C)CN1CC2(CCCCC2)NCC12CCCC2. The van der Waals surface area contributed by atoms with Crippen molar-refractivity contribution in [2.24, 2.45) is 5.92 Å². The maximum Gasteiger partial charge on any atom is 0.0335 e. The van der Waals surface area contributed by atoms with Gasteiger partial charge in [0.25, 0.3) is 0 Å². The molecule has 0 bridgehead atoms. The Morgan fingerprint density at radius 3 is 2.33 bits per heavy atom. The maximum atomic E-state index is 4.06. The van der Waals surface area contributed by atoms with Crippen LogP contribution in [0.15, 0.2) is 0 Å². The molecule has 122 valence electrons. The molecule has 0 amide bonds. The molecule has 2 heteroatoms. The molecular formula is C19H36N2. The van der Waals surface area contributed by atoms with Crippen molar-refractivity contribution in [1.29, 1.82) is 0 Å². The highest BCUT2D eigenvalue weighted by Gasteiger charge is 2.48. The molecule has 1 aliphatic heterocycles. The summed E-state index contributed by atoms with van der Waals surface area (Å²) in [5, 5.41) is 4.06. The van der Waals surface area contributed by atoms with Crippen LogP contribution in [0.2, 0.25) is 0 Å². The van der Waals surface area contributed by atoms with Gasteiger partial charge in [0.05, 0.1) is 0 Å². The Hall–Kier alpha value is -0.0800. The normalized spacial score (nSPS) is 30.0. The third-order valence-electron chi connectivity index (χ3n) is 6.62. The van der Waals surface area contributed by atoms with Gasteiger partial charge in [0, 0.05) is 30.7 Å². The van der Waals surface area contributed by atoms with E-state index in [2.05, 4.69) is 24.1 Å². The summed E-state index contributed by atoms with van der Waals surface area (Å²) < 4.78 is 0. The lowest BCUT2D eigenvalue weighted by Crippen LogP contribution is -2.70. The van der Waals surface area contributed by atoms with Crippen LogP contribution in [0.25, 0.3) is 0 Å². The minimum Gasteiger partial charge on any atom is -0.308 e. The molecule has 21 heavy (non-hydrogen) atoms. The lowest BCUT2D eigenvalue weighted by molar-refractivity contribution is -0.0149. The van der Waals surface area contributed by atoms with E-state index in [1.807, 2.05) is 0 Å². The van der Waals surface area contributed by atoms with Crippen LogP contribution in [-0.4, -0.2) is 35.6 Å². The predicted molar refractivity (Wildman–Crippen MR) is 90.7 cm³/mol. The van der Waals surface area contributed by atoms with E-state index in [9.17, 15) is 0 Å². The van der Waals surface area contributed by atoms with Gasteiger partial charge in [-0.3, -0.25) is 4.90 Å². The summed E-state index contributed by atoms with van der Waals surface area (Å²) in [5.74, 6) is 0.867. The predicted octanol–water partition coefficient (Wildman–Crippen LogP) is 4.34. The quantitative estimate of drug-likeness (QED) is 0.829. The minimum absolute atomic E-state index is 0.470. The lowest BCUT2D eigenvalue weighted by Gasteiger charge is -2.55. The molecule has 2 nitrogen and oxygen atoms in total. The van der Waals surface area contributed by atoms with Crippen LogP contribution in [0.1, 0.15) is 84.5 Å². The third-order valence-corrected chi connectivity index (χ3v) is 6.62. The molecule has 1 unspecified atom stereocenters. The second kappa shape index (κ2) is 6.58. The second-order valence-corrected chi connectivity index (χ2v) is 8.40. The highest BCUT2D eigenvalue weighted by molar-refractivity contribution is 5.08. The zero-order chi connectivity index (χ0) is 14.8. The number of hydrogen-bond acceptors (Lipinski definition) is 2. The first-order valence-electron chi connectivity index (χ1n) is 9.68. The Balaban J connectivity index is 1.71. The Morgan fingerprint density at radius 1 is 1.00 bits per heavy atom. The van der Waals surface area contributed by atoms with Crippen molar-refractivity contribution in [1.82, 2.24) is 10.2 Å². The fraction of sp³-hybridized carbons (Fsp3) is 1.00. The summed E-state index contributed by atoms with van der Waals surface area (Å²) in [5.41, 5.74) is 0.989. The highest BCUT2D eigenvalue weighted by atomic mass is 15.3. The molecule has 0 radical (unpaired) electrons. The van der Waals surface area contributed by atoms with Crippen LogP contribution in [0.4, 0.5) is 0 Å². The van der Waals surface area contributed by atoms with Crippen LogP contribution in [0.5, 0.6) is 0 Å². The van der Waals surface area contributed by atoms with Crippen LogP contribution in [0.3, 0.4) is 0 Å². The Morgan fingerprint density at radius 2 is 1.67 bits per heavy atom. The van der Waals surface area contributed by atoms with E-state index in [1.165, 1.54) is 90.3 Å². The first-order valence-corrected chi connectivity index (χ1v) is 9.68. The Kier molecular flexibility index (Phi) is 4.95. The van der Waals surface area contributed by atoms with Gasteiger partial charge in [-0.05, 0) is 38.0 Å².